The molecule has 0 spiro atoms. The molecule has 0 saturated heterocycles. The largest absolute Gasteiger partial charge is 0.495 e. The molecule has 16 heavy (non-hydrogen) atoms. The van der Waals surface area contributed by atoms with Gasteiger partial charge in [-0.25, -0.2) is 18.2 Å². The van der Waals surface area contributed by atoms with Gasteiger partial charge in [0.25, 0.3) is 6.43 Å². The Morgan fingerprint density at radius 3 is 2.69 bits per heavy atom. The van der Waals surface area contributed by atoms with E-state index >= 15 is 0 Å². The van der Waals surface area contributed by atoms with Crippen LogP contribution in [0.2, 0.25) is 0 Å². The molecule has 0 fully saturated rings. The number of aliphatic carboxylic acids is 1. The summed E-state index contributed by atoms with van der Waals surface area (Å²) in [5.74, 6) is -2.84. The normalized spacial score (nSPS) is 10.6. The van der Waals surface area contributed by atoms with Gasteiger partial charge in [0.1, 0.15) is 11.4 Å². The fourth-order valence-electron chi connectivity index (χ4n) is 1.17. The molecular formula is C9H8F3NO3. The van der Waals surface area contributed by atoms with Gasteiger partial charge in [-0.05, 0) is 0 Å². The summed E-state index contributed by atoms with van der Waals surface area (Å²) >= 11 is 0. The van der Waals surface area contributed by atoms with E-state index in [1.54, 1.807) is 0 Å². The summed E-state index contributed by atoms with van der Waals surface area (Å²) in [4.78, 5) is 13.6. The number of methoxy groups -OCH3 is 1. The molecule has 1 rings (SSSR count). The van der Waals surface area contributed by atoms with Crippen LogP contribution in [-0.2, 0) is 11.2 Å². The van der Waals surface area contributed by atoms with E-state index in [0.717, 1.165) is 6.20 Å². The Kier molecular flexibility index (Phi) is 3.70. The van der Waals surface area contributed by atoms with Crippen LogP contribution in [0.15, 0.2) is 6.20 Å². The minimum atomic E-state index is -3.10. The average molecular weight is 235 g/mol. The van der Waals surface area contributed by atoms with Gasteiger partial charge in [0.15, 0.2) is 5.82 Å². The lowest BCUT2D eigenvalue weighted by Gasteiger charge is -2.10. The van der Waals surface area contributed by atoms with Crippen molar-refractivity contribution in [3.8, 4) is 5.75 Å². The second-order valence-corrected chi connectivity index (χ2v) is 2.88. The number of hydrogen-bond donors (Lipinski definition) is 1. The first-order valence-electron chi connectivity index (χ1n) is 4.18. The Balaban J connectivity index is 3.28. The Labute approximate surface area is 88.7 Å². The third-order valence-electron chi connectivity index (χ3n) is 1.86. The highest BCUT2D eigenvalue weighted by Gasteiger charge is 2.22. The molecule has 88 valence electrons. The SMILES string of the molecule is COc1cnc(C(F)F)c(F)c1CC(=O)O. The molecule has 1 aromatic rings. The zero-order valence-electron chi connectivity index (χ0n) is 8.21. The summed E-state index contributed by atoms with van der Waals surface area (Å²) in [5, 5.41) is 8.51. The maximum atomic E-state index is 13.4. The average Bonchev–Trinajstić information content (AvgIpc) is 2.19. The van der Waals surface area contributed by atoms with Crippen molar-refractivity contribution in [1.29, 1.82) is 0 Å². The molecule has 1 aromatic heterocycles. The molecule has 0 aromatic carbocycles. The number of hydrogen-bond acceptors (Lipinski definition) is 3. The quantitative estimate of drug-likeness (QED) is 0.864. The van der Waals surface area contributed by atoms with E-state index < -0.39 is 35.9 Å². The smallest absolute Gasteiger partial charge is 0.308 e. The molecule has 0 unspecified atom stereocenters. The number of carboxylic acids is 1. The fraction of sp³-hybridized carbons (Fsp3) is 0.333. The highest BCUT2D eigenvalue weighted by atomic mass is 19.3. The maximum absolute atomic E-state index is 13.4. The van der Waals surface area contributed by atoms with E-state index in [4.69, 9.17) is 5.11 Å². The number of carbonyl (C=O) groups is 1. The molecule has 0 amide bonds. The number of nitrogens with zero attached hydrogens (tertiary/aromatic N) is 1. The Morgan fingerprint density at radius 1 is 1.62 bits per heavy atom. The van der Waals surface area contributed by atoms with Gasteiger partial charge < -0.3 is 9.84 Å². The molecule has 0 saturated carbocycles. The van der Waals surface area contributed by atoms with Crippen molar-refractivity contribution in [3.05, 3.63) is 23.3 Å². The van der Waals surface area contributed by atoms with Crippen molar-refractivity contribution < 1.29 is 27.8 Å². The lowest BCUT2D eigenvalue weighted by molar-refractivity contribution is -0.136. The second-order valence-electron chi connectivity index (χ2n) is 2.88. The van der Waals surface area contributed by atoms with Gasteiger partial charge in [-0.3, -0.25) is 4.79 Å². The van der Waals surface area contributed by atoms with E-state index in [2.05, 4.69) is 9.72 Å². The first-order chi connectivity index (χ1) is 7.47. The zero-order valence-corrected chi connectivity index (χ0v) is 8.21. The van der Waals surface area contributed by atoms with Crippen LogP contribution in [0.5, 0.6) is 5.75 Å². The van der Waals surface area contributed by atoms with Crippen molar-refractivity contribution in [3.63, 3.8) is 0 Å². The summed E-state index contributed by atoms with van der Waals surface area (Å²) < 4.78 is 42.7. The summed E-state index contributed by atoms with van der Waals surface area (Å²) in [5.41, 5.74) is -1.50. The molecule has 0 bridgehead atoms. The van der Waals surface area contributed by atoms with Crippen molar-refractivity contribution in [1.82, 2.24) is 4.98 Å². The van der Waals surface area contributed by atoms with Crippen LogP contribution in [0.4, 0.5) is 13.2 Å². The molecule has 0 radical (unpaired) electrons. The van der Waals surface area contributed by atoms with E-state index in [1.165, 1.54) is 7.11 Å². The molecular weight excluding hydrogens is 227 g/mol. The third kappa shape index (κ3) is 2.41. The zero-order chi connectivity index (χ0) is 12.3. The van der Waals surface area contributed by atoms with Crippen LogP contribution in [0.25, 0.3) is 0 Å². The molecule has 0 aliphatic heterocycles. The summed E-state index contributed by atoms with van der Waals surface area (Å²) in [6.45, 7) is 0. The topological polar surface area (TPSA) is 59.4 Å². The number of pyridine rings is 1. The van der Waals surface area contributed by atoms with Crippen molar-refractivity contribution in [2.24, 2.45) is 0 Å². The number of alkyl halides is 2. The monoisotopic (exact) mass is 235 g/mol. The van der Waals surface area contributed by atoms with Gasteiger partial charge in [-0.1, -0.05) is 0 Å². The molecule has 1 N–H and O–H groups in total. The molecule has 1 heterocycles. The summed E-state index contributed by atoms with van der Waals surface area (Å²) in [6.07, 6.45) is -2.96. The van der Waals surface area contributed by atoms with Gasteiger partial charge in [0, 0.05) is 5.56 Å². The van der Waals surface area contributed by atoms with Gasteiger partial charge in [-0.2, -0.15) is 0 Å². The lowest BCUT2D eigenvalue weighted by Crippen LogP contribution is -2.09. The predicted molar refractivity (Wildman–Crippen MR) is 47.0 cm³/mol. The predicted octanol–water partition coefficient (Wildman–Crippen LogP) is 1.79. The van der Waals surface area contributed by atoms with Crippen LogP contribution in [-0.4, -0.2) is 23.2 Å². The standard InChI is InChI=1S/C9H8F3NO3/c1-16-5-3-13-8(9(11)12)7(10)4(5)2-6(14)15/h3,9H,2H2,1H3,(H,14,15). The summed E-state index contributed by atoms with van der Waals surface area (Å²) in [7, 11) is 1.17. The Hall–Kier alpha value is -1.79. The van der Waals surface area contributed by atoms with Crippen molar-refractivity contribution >= 4 is 5.97 Å². The first-order valence-corrected chi connectivity index (χ1v) is 4.18. The highest BCUT2D eigenvalue weighted by Crippen LogP contribution is 2.28. The van der Waals surface area contributed by atoms with Gasteiger partial charge >= 0.3 is 5.97 Å². The molecule has 0 aliphatic carbocycles. The van der Waals surface area contributed by atoms with Crippen LogP contribution < -0.4 is 4.74 Å². The van der Waals surface area contributed by atoms with Crippen LogP contribution >= 0.6 is 0 Å². The molecule has 7 heteroatoms. The number of rotatable bonds is 4. The van der Waals surface area contributed by atoms with Crippen molar-refractivity contribution in [2.45, 2.75) is 12.8 Å². The minimum absolute atomic E-state index is 0.163. The number of halogens is 3. The van der Waals surface area contributed by atoms with E-state index in [1.807, 2.05) is 0 Å². The van der Waals surface area contributed by atoms with E-state index in [9.17, 15) is 18.0 Å². The van der Waals surface area contributed by atoms with E-state index in [0.29, 0.717) is 0 Å². The van der Waals surface area contributed by atoms with Crippen molar-refractivity contribution in [2.75, 3.05) is 7.11 Å². The molecule has 4 nitrogen and oxygen atoms in total. The minimum Gasteiger partial charge on any atom is -0.495 e. The maximum Gasteiger partial charge on any atom is 0.308 e. The lowest BCUT2D eigenvalue weighted by atomic mass is 10.1. The Bertz CT molecular complexity index is 409. The third-order valence-corrected chi connectivity index (χ3v) is 1.86. The van der Waals surface area contributed by atoms with Gasteiger partial charge in [0.2, 0.25) is 0 Å². The Morgan fingerprint density at radius 2 is 2.25 bits per heavy atom. The first kappa shape index (κ1) is 12.3. The molecule has 0 aliphatic rings. The van der Waals surface area contributed by atoms with Gasteiger partial charge in [-0.15, -0.1) is 0 Å². The fourth-order valence-corrected chi connectivity index (χ4v) is 1.17. The number of carboxylic acid groups (broad SMARTS) is 1. The summed E-state index contributed by atoms with van der Waals surface area (Å²) in [6, 6.07) is 0. The molecule has 0 atom stereocenters. The van der Waals surface area contributed by atoms with Gasteiger partial charge in [0.05, 0.1) is 19.7 Å². The number of ether oxygens (including phenoxy) is 1. The van der Waals surface area contributed by atoms with E-state index in [-0.39, 0.29) is 5.75 Å². The number of aromatic nitrogens is 1. The van der Waals surface area contributed by atoms with Crippen LogP contribution in [0.3, 0.4) is 0 Å². The highest BCUT2D eigenvalue weighted by molar-refractivity contribution is 5.71. The van der Waals surface area contributed by atoms with Crippen LogP contribution in [0, 0.1) is 5.82 Å². The second kappa shape index (κ2) is 4.82. The van der Waals surface area contributed by atoms with Crippen LogP contribution in [0.1, 0.15) is 17.7 Å².